The molecule has 0 atom stereocenters. The van der Waals surface area contributed by atoms with Crippen LogP contribution in [0.3, 0.4) is 0 Å². The quantitative estimate of drug-likeness (QED) is 0.654. The molecule has 1 amide bonds. The minimum absolute atomic E-state index is 0.0812. The fraction of sp³-hybridized carbons (Fsp3) is 0.100. The van der Waals surface area contributed by atoms with Crippen molar-refractivity contribution in [3.8, 4) is 0 Å². The summed E-state index contributed by atoms with van der Waals surface area (Å²) in [5, 5.41) is 2.11. The van der Waals surface area contributed by atoms with Crippen LogP contribution in [-0.2, 0) is 12.8 Å². The van der Waals surface area contributed by atoms with Crippen LogP contribution >= 0.6 is 0 Å². The molecule has 0 bridgehead atoms. The van der Waals surface area contributed by atoms with Crippen molar-refractivity contribution < 1.29 is 27.2 Å². The Labute approximate surface area is 162 Å². The molecule has 0 radical (unpaired) electrons. The molecule has 29 heavy (non-hydrogen) atoms. The number of pyridine rings is 1. The molecule has 0 unspecified atom stereocenters. The van der Waals surface area contributed by atoms with Crippen molar-refractivity contribution in [2.75, 3.05) is 5.32 Å². The topological polar surface area (TPSA) is 60.3 Å². The number of para-hydroxylation sites is 1. The second-order valence-electron chi connectivity index (χ2n) is 5.95. The van der Waals surface area contributed by atoms with Crippen LogP contribution in [0.25, 0.3) is 0 Å². The van der Waals surface area contributed by atoms with Gasteiger partial charge >= 0.3 is 6.18 Å². The fourth-order valence-electron chi connectivity index (χ4n) is 2.50. The predicted octanol–water partition coefficient (Wildman–Crippen LogP) is 3.89. The summed E-state index contributed by atoms with van der Waals surface area (Å²) >= 11 is 0. The predicted molar refractivity (Wildman–Crippen MR) is 96.8 cm³/mol. The van der Waals surface area contributed by atoms with E-state index in [9.17, 15) is 27.2 Å². The van der Waals surface area contributed by atoms with E-state index in [2.05, 4.69) is 5.32 Å². The van der Waals surface area contributed by atoms with Crippen LogP contribution in [0.5, 0.6) is 0 Å². The molecule has 0 aliphatic heterocycles. The van der Waals surface area contributed by atoms with E-state index in [0.29, 0.717) is 5.56 Å². The molecule has 3 aromatic rings. The van der Waals surface area contributed by atoms with Crippen LogP contribution in [0.15, 0.2) is 71.7 Å². The number of benzene rings is 2. The van der Waals surface area contributed by atoms with Crippen LogP contribution in [-0.4, -0.2) is 10.6 Å². The zero-order valence-electron chi connectivity index (χ0n) is 14.7. The summed E-state index contributed by atoms with van der Waals surface area (Å²) in [6.07, 6.45) is -3.41. The van der Waals surface area contributed by atoms with E-state index in [1.54, 1.807) is 0 Å². The molecule has 0 fully saturated rings. The van der Waals surface area contributed by atoms with E-state index in [1.807, 2.05) is 0 Å². The molecule has 5 nitrogen and oxygen atoms in total. The molecular weight excluding hydrogens is 392 g/mol. The molecule has 3 rings (SSSR count). The van der Waals surface area contributed by atoms with Gasteiger partial charge in [-0.1, -0.05) is 24.3 Å². The van der Waals surface area contributed by atoms with Gasteiger partial charge in [0.2, 0.25) is 0 Å². The van der Waals surface area contributed by atoms with Gasteiger partial charge in [0.25, 0.3) is 11.5 Å². The van der Waals surface area contributed by atoms with Crippen LogP contribution in [0.1, 0.15) is 21.5 Å². The van der Waals surface area contributed by atoms with Crippen LogP contribution < -0.4 is 15.7 Å². The third kappa shape index (κ3) is 4.81. The highest BCUT2D eigenvalue weighted by molar-refractivity contribution is 6.04. The van der Waals surface area contributed by atoms with Gasteiger partial charge < -0.3 is 10.2 Å². The normalized spacial score (nSPS) is 11.2. The van der Waals surface area contributed by atoms with Gasteiger partial charge in [0.15, 0.2) is 0 Å². The van der Waals surface area contributed by atoms with Crippen molar-refractivity contribution in [1.29, 1.82) is 0 Å². The van der Waals surface area contributed by atoms with Crippen molar-refractivity contribution in [1.82, 2.24) is 4.73 Å². The zero-order chi connectivity index (χ0) is 21.0. The number of rotatable bonds is 5. The molecule has 0 spiro atoms. The molecule has 9 heteroatoms. The van der Waals surface area contributed by atoms with Crippen molar-refractivity contribution in [3.05, 3.63) is 99.7 Å². The van der Waals surface area contributed by atoms with Gasteiger partial charge in [-0.15, -0.1) is 0 Å². The molecule has 150 valence electrons. The lowest BCUT2D eigenvalue weighted by Crippen LogP contribution is -2.32. The first-order chi connectivity index (χ1) is 13.8. The largest absolute Gasteiger partial charge is 0.418 e. The summed E-state index contributed by atoms with van der Waals surface area (Å²) in [6, 6.07) is 12.3. The highest BCUT2D eigenvalue weighted by atomic mass is 19.4. The first-order valence-corrected chi connectivity index (χ1v) is 8.32. The van der Waals surface area contributed by atoms with Gasteiger partial charge in [-0.3, -0.25) is 9.59 Å². The number of alkyl halides is 3. The van der Waals surface area contributed by atoms with E-state index in [0.717, 1.165) is 16.9 Å². The molecule has 2 aromatic carbocycles. The molecular formula is C20H14F4N2O3. The Balaban J connectivity index is 1.80. The maximum atomic E-state index is 13.1. The molecule has 0 saturated heterocycles. The molecule has 1 N–H and O–H groups in total. The number of halogens is 4. The SMILES string of the molecule is O=C(Nc1ccccc1C(F)(F)F)c1cccn(OCc2ccc(F)cc2)c1=O. The van der Waals surface area contributed by atoms with Gasteiger partial charge in [0.1, 0.15) is 18.0 Å². The number of carbonyl (C=O) groups is 1. The number of carbonyl (C=O) groups excluding carboxylic acids is 1. The number of hydrogen-bond acceptors (Lipinski definition) is 3. The summed E-state index contributed by atoms with van der Waals surface area (Å²) in [7, 11) is 0. The maximum Gasteiger partial charge on any atom is 0.418 e. The number of anilines is 1. The second-order valence-corrected chi connectivity index (χ2v) is 5.95. The number of nitrogens with zero attached hydrogens (tertiary/aromatic N) is 1. The summed E-state index contributed by atoms with van der Waals surface area (Å²) in [4.78, 5) is 30.1. The number of hydrogen-bond donors (Lipinski definition) is 1. The lowest BCUT2D eigenvalue weighted by atomic mass is 10.1. The molecule has 0 saturated carbocycles. The lowest BCUT2D eigenvalue weighted by Gasteiger charge is -2.14. The summed E-state index contributed by atoms with van der Waals surface area (Å²) in [6.45, 7) is -0.0812. The minimum Gasteiger partial charge on any atom is -0.406 e. The maximum absolute atomic E-state index is 13.1. The zero-order valence-corrected chi connectivity index (χ0v) is 14.7. The summed E-state index contributed by atoms with van der Waals surface area (Å²) in [5.74, 6) is -1.44. The van der Waals surface area contributed by atoms with Gasteiger partial charge in [0.05, 0.1) is 11.3 Å². The highest BCUT2D eigenvalue weighted by Gasteiger charge is 2.33. The summed E-state index contributed by atoms with van der Waals surface area (Å²) < 4.78 is 52.9. The van der Waals surface area contributed by atoms with Crippen molar-refractivity contribution in [2.24, 2.45) is 0 Å². The van der Waals surface area contributed by atoms with E-state index in [-0.39, 0.29) is 6.61 Å². The lowest BCUT2D eigenvalue weighted by molar-refractivity contribution is -0.136. The van der Waals surface area contributed by atoms with Crippen LogP contribution in [0.2, 0.25) is 0 Å². The molecule has 1 heterocycles. The van der Waals surface area contributed by atoms with Crippen LogP contribution in [0.4, 0.5) is 23.2 Å². The summed E-state index contributed by atoms with van der Waals surface area (Å²) in [5.41, 5.74) is -2.17. The van der Waals surface area contributed by atoms with Crippen molar-refractivity contribution in [3.63, 3.8) is 0 Å². The Morgan fingerprint density at radius 3 is 2.38 bits per heavy atom. The van der Waals surface area contributed by atoms with Crippen molar-refractivity contribution >= 4 is 11.6 Å². The monoisotopic (exact) mass is 406 g/mol. The Hall–Kier alpha value is -3.62. The van der Waals surface area contributed by atoms with Gasteiger partial charge in [0, 0.05) is 6.20 Å². The van der Waals surface area contributed by atoms with E-state index < -0.39 is 40.3 Å². The average Bonchev–Trinajstić information content (AvgIpc) is 2.68. The third-order valence-electron chi connectivity index (χ3n) is 3.92. The van der Waals surface area contributed by atoms with Gasteiger partial charge in [-0.2, -0.15) is 17.9 Å². The molecule has 1 aromatic heterocycles. The Morgan fingerprint density at radius 1 is 1.00 bits per heavy atom. The Bertz CT molecular complexity index is 1080. The Kier molecular flexibility index (Phi) is 5.67. The fourth-order valence-corrected chi connectivity index (χ4v) is 2.50. The van der Waals surface area contributed by atoms with E-state index >= 15 is 0 Å². The number of amides is 1. The van der Waals surface area contributed by atoms with Crippen LogP contribution in [0, 0.1) is 5.82 Å². The minimum atomic E-state index is -4.67. The number of aromatic nitrogens is 1. The van der Waals surface area contributed by atoms with Crippen molar-refractivity contribution in [2.45, 2.75) is 12.8 Å². The third-order valence-corrected chi connectivity index (χ3v) is 3.92. The average molecular weight is 406 g/mol. The number of nitrogens with one attached hydrogen (secondary N) is 1. The highest BCUT2D eigenvalue weighted by Crippen LogP contribution is 2.34. The van der Waals surface area contributed by atoms with E-state index in [4.69, 9.17) is 4.84 Å². The molecule has 0 aliphatic rings. The standard InChI is InChI=1S/C20H14F4N2O3/c21-14-9-7-13(8-10-14)12-29-26-11-3-4-15(19(26)28)18(27)25-17-6-2-1-5-16(17)20(22,23)24/h1-11H,12H2,(H,25,27). The smallest absolute Gasteiger partial charge is 0.406 e. The van der Waals surface area contributed by atoms with Gasteiger partial charge in [-0.05, 0) is 42.0 Å². The first kappa shape index (κ1) is 20.1. The molecule has 0 aliphatic carbocycles. The van der Waals surface area contributed by atoms with E-state index in [1.165, 1.54) is 54.7 Å². The first-order valence-electron chi connectivity index (χ1n) is 8.32. The second kappa shape index (κ2) is 8.17. The Morgan fingerprint density at radius 2 is 1.69 bits per heavy atom. The van der Waals surface area contributed by atoms with Gasteiger partial charge in [-0.25, -0.2) is 4.39 Å².